The highest BCUT2D eigenvalue weighted by atomic mass is 16.5. The van der Waals surface area contributed by atoms with Crippen molar-refractivity contribution >= 4 is 28.6 Å². The monoisotopic (exact) mass is 329 g/mol. The minimum atomic E-state index is -0.180. The Kier molecular flexibility index (Phi) is 4.69. The quantitative estimate of drug-likeness (QED) is 0.772. The first kappa shape index (κ1) is 16.3. The normalized spacial score (nSPS) is 20.7. The van der Waals surface area contributed by atoms with Crippen LogP contribution in [0.25, 0.3) is 10.9 Å². The molecule has 1 fully saturated rings. The van der Waals surface area contributed by atoms with Crippen molar-refractivity contribution < 1.29 is 9.53 Å². The van der Waals surface area contributed by atoms with E-state index in [1.807, 2.05) is 18.2 Å². The Morgan fingerprint density at radius 3 is 2.71 bits per heavy atom. The van der Waals surface area contributed by atoms with E-state index in [2.05, 4.69) is 15.3 Å². The number of carbonyl (C=O) groups is 1. The molecule has 1 aromatic carbocycles. The minimum Gasteiger partial charge on any atom is -0.496 e. The lowest BCUT2D eigenvalue weighted by atomic mass is 9.82. The second-order valence-electron chi connectivity index (χ2n) is 6.29. The van der Waals surface area contributed by atoms with E-state index in [9.17, 15) is 4.79 Å². The summed E-state index contributed by atoms with van der Waals surface area (Å²) in [4.78, 5) is 20.1. The minimum absolute atomic E-state index is 0.0290. The van der Waals surface area contributed by atoms with Crippen LogP contribution >= 0.6 is 0 Å². The zero-order valence-corrected chi connectivity index (χ0v) is 13.8. The molecule has 1 aliphatic rings. The van der Waals surface area contributed by atoms with E-state index >= 15 is 0 Å². The molecule has 0 unspecified atom stereocenters. The average molecular weight is 329 g/mol. The zero-order valence-electron chi connectivity index (χ0n) is 13.8. The lowest BCUT2D eigenvalue weighted by Gasteiger charge is -2.26. The number of nitrogens with two attached hydrogens (primary N) is 2. The maximum atomic E-state index is 11.2. The summed E-state index contributed by atoms with van der Waals surface area (Å²) in [6, 6.07) is 5.61. The molecule has 24 heavy (non-hydrogen) atoms. The Hall–Kier alpha value is -2.57. The standard InChI is InChI=1S/C17H23N5O2/c1-24-13-4-2-3-12-14(13)15(18)22-17(21-12)20-9-10-5-7-11(8-6-10)16(19)23/h2-4,10-11H,5-9H2,1H3,(H2,19,23)(H3,18,20,21,22). The van der Waals surface area contributed by atoms with Crippen LogP contribution in [0.5, 0.6) is 5.75 Å². The molecular weight excluding hydrogens is 306 g/mol. The summed E-state index contributed by atoms with van der Waals surface area (Å²) in [7, 11) is 1.60. The van der Waals surface area contributed by atoms with Crippen LogP contribution in [0.2, 0.25) is 0 Å². The molecule has 1 amide bonds. The smallest absolute Gasteiger partial charge is 0.225 e. The third-order valence-corrected chi connectivity index (χ3v) is 4.73. The van der Waals surface area contributed by atoms with Crippen molar-refractivity contribution in [1.29, 1.82) is 0 Å². The van der Waals surface area contributed by atoms with Crippen molar-refractivity contribution in [1.82, 2.24) is 9.97 Å². The largest absolute Gasteiger partial charge is 0.496 e. The fourth-order valence-corrected chi connectivity index (χ4v) is 3.32. The highest BCUT2D eigenvalue weighted by Crippen LogP contribution is 2.30. The highest BCUT2D eigenvalue weighted by molar-refractivity contribution is 5.94. The number of methoxy groups -OCH3 is 1. The molecule has 7 heteroatoms. The molecule has 0 spiro atoms. The van der Waals surface area contributed by atoms with Gasteiger partial charge in [0.25, 0.3) is 0 Å². The van der Waals surface area contributed by atoms with Crippen LogP contribution in [0.1, 0.15) is 25.7 Å². The number of nitrogen functional groups attached to an aromatic ring is 1. The number of carbonyl (C=O) groups excluding carboxylic acids is 1. The Bertz CT molecular complexity index is 741. The number of hydrogen-bond acceptors (Lipinski definition) is 6. The van der Waals surface area contributed by atoms with Gasteiger partial charge in [-0.1, -0.05) is 6.07 Å². The molecule has 128 valence electrons. The Labute approximate surface area is 140 Å². The number of primary amides is 1. The van der Waals surface area contributed by atoms with Gasteiger partial charge in [0.05, 0.1) is 18.0 Å². The number of hydrogen-bond donors (Lipinski definition) is 3. The molecule has 3 rings (SSSR count). The second-order valence-corrected chi connectivity index (χ2v) is 6.29. The third-order valence-electron chi connectivity index (χ3n) is 4.73. The van der Waals surface area contributed by atoms with Crippen LogP contribution < -0.4 is 21.5 Å². The summed E-state index contributed by atoms with van der Waals surface area (Å²) in [6.45, 7) is 0.764. The molecule has 1 aliphatic carbocycles. The lowest BCUT2D eigenvalue weighted by Crippen LogP contribution is -2.29. The topological polar surface area (TPSA) is 116 Å². The van der Waals surface area contributed by atoms with E-state index in [1.165, 1.54) is 0 Å². The van der Waals surface area contributed by atoms with Crippen LogP contribution in [0, 0.1) is 11.8 Å². The van der Waals surface area contributed by atoms with Gasteiger partial charge in [-0.15, -0.1) is 0 Å². The van der Waals surface area contributed by atoms with Gasteiger partial charge in [0.15, 0.2) is 0 Å². The molecule has 1 aromatic heterocycles. The van der Waals surface area contributed by atoms with Gasteiger partial charge < -0.3 is 21.5 Å². The fraction of sp³-hybridized carbons (Fsp3) is 0.471. The maximum absolute atomic E-state index is 11.2. The van der Waals surface area contributed by atoms with Crippen LogP contribution in [0.3, 0.4) is 0 Å². The van der Waals surface area contributed by atoms with Crippen molar-refractivity contribution in [3.05, 3.63) is 18.2 Å². The molecule has 2 aromatic rings. The molecule has 5 N–H and O–H groups in total. The molecule has 0 radical (unpaired) electrons. The lowest BCUT2D eigenvalue weighted by molar-refractivity contribution is -0.122. The zero-order chi connectivity index (χ0) is 17.1. The van der Waals surface area contributed by atoms with Crippen molar-refractivity contribution in [2.45, 2.75) is 25.7 Å². The summed E-state index contributed by atoms with van der Waals surface area (Å²) in [5.41, 5.74) is 12.2. The van der Waals surface area contributed by atoms with E-state index < -0.39 is 0 Å². The van der Waals surface area contributed by atoms with Gasteiger partial charge >= 0.3 is 0 Å². The number of fused-ring (bicyclic) bond motifs is 1. The molecule has 0 aliphatic heterocycles. The van der Waals surface area contributed by atoms with E-state index in [0.717, 1.165) is 43.1 Å². The van der Waals surface area contributed by atoms with E-state index in [4.69, 9.17) is 16.2 Å². The number of nitrogens with zero attached hydrogens (tertiary/aromatic N) is 2. The first-order valence-corrected chi connectivity index (χ1v) is 8.22. The fourth-order valence-electron chi connectivity index (χ4n) is 3.32. The summed E-state index contributed by atoms with van der Waals surface area (Å²) in [6.07, 6.45) is 3.69. The molecule has 0 saturated heterocycles. The van der Waals surface area contributed by atoms with E-state index in [1.54, 1.807) is 7.11 Å². The van der Waals surface area contributed by atoms with Crippen molar-refractivity contribution in [3.63, 3.8) is 0 Å². The van der Waals surface area contributed by atoms with Gasteiger partial charge in [0.1, 0.15) is 11.6 Å². The van der Waals surface area contributed by atoms with Crippen molar-refractivity contribution in [2.24, 2.45) is 17.6 Å². The number of anilines is 2. The number of amides is 1. The van der Waals surface area contributed by atoms with Crippen LogP contribution in [0.4, 0.5) is 11.8 Å². The number of nitrogens with one attached hydrogen (secondary N) is 1. The van der Waals surface area contributed by atoms with Gasteiger partial charge in [-0.3, -0.25) is 4.79 Å². The van der Waals surface area contributed by atoms with E-state index in [0.29, 0.717) is 23.4 Å². The molecule has 1 saturated carbocycles. The predicted octanol–water partition coefficient (Wildman–Crippen LogP) is 1.92. The molecule has 0 atom stereocenters. The number of ether oxygens (including phenoxy) is 1. The first-order chi connectivity index (χ1) is 11.6. The number of aromatic nitrogens is 2. The predicted molar refractivity (Wildman–Crippen MR) is 93.6 cm³/mol. The second kappa shape index (κ2) is 6.90. The Morgan fingerprint density at radius 1 is 1.29 bits per heavy atom. The maximum Gasteiger partial charge on any atom is 0.225 e. The van der Waals surface area contributed by atoms with Gasteiger partial charge in [-0.05, 0) is 43.7 Å². The highest BCUT2D eigenvalue weighted by Gasteiger charge is 2.24. The van der Waals surface area contributed by atoms with Gasteiger partial charge in [-0.2, -0.15) is 4.98 Å². The Morgan fingerprint density at radius 2 is 2.04 bits per heavy atom. The summed E-state index contributed by atoms with van der Waals surface area (Å²) < 4.78 is 5.31. The SMILES string of the molecule is COc1cccc2nc(NCC3CCC(C(N)=O)CC3)nc(N)c12. The molecule has 0 bridgehead atoms. The molecule has 7 nitrogen and oxygen atoms in total. The first-order valence-electron chi connectivity index (χ1n) is 8.22. The van der Waals surface area contributed by atoms with Gasteiger partial charge in [0.2, 0.25) is 11.9 Å². The van der Waals surface area contributed by atoms with Crippen LogP contribution in [-0.2, 0) is 4.79 Å². The van der Waals surface area contributed by atoms with Crippen LogP contribution in [0.15, 0.2) is 18.2 Å². The third kappa shape index (κ3) is 3.34. The molecule has 1 heterocycles. The van der Waals surface area contributed by atoms with Gasteiger partial charge in [-0.25, -0.2) is 4.98 Å². The van der Waals surface area contributed by atoms with Crippen LogP contribution in [-0.4, -0.2) is 29.5 Å². The average Bonchev–Trinajstić information content (AvgIpc) is 2.59. The Balaban J connectivity index is 1.67. The molecular formula is C17H23N5O2. The number of benzene rings is 1. The van der Waals surface area contributed by atoms with E-state index in [-0.39, 0.29) is 11.8 Å². The number of rotatable bonds is 5. The summed E-state index contributed by atoms with van der Waals surface area (Å²) in [5.74, 6) is 1.93. The summed E-state index contributed by atoms with van der Waals surface area (Å²) >= 11 is 0. The van der Waals surface area contributed by atoms with Crippen molar-refractivity contribution in [3.8, 4) is 5.75 Å². The van der Waals surface area contributed by atoms with Gasteiger partial charge in [0, 0.05) is 12.5 Å². The van der Waals surface area contributed by atoms with Crippen molar-refractivity contribution in [2.75, 3.05) is 24.7 Å². The summed E-state index contributed by atoms with van der Waals surface area (Å²) in [5, 5.41) is 4.00.